The monoisotopic (exact) mass is 390 g/mol. The Morgan fingerprint density at radius 1 is 1.34 bits per heavy atom. The van der Waals surface area contributed by atoms with Crippen LogP contribution in [0.25, 0.3) is 0 Å². The Hall–Kier alpha value is -3.60. The maximum atomic E-state index is 13.4. The number of aromatic nitrogens is 3. The zero-order valence-corrected chi connectivity index (χ0v) is 16.6. The number of hydrogen-bond acceptors (Lipinski definition) is 7. The number of Topliss-reactive ketones (excluding diaryl/α,β-unsaturated/α-hetero) is 1. The molecular weight excluding hydrogens is 368 g/mol. The third kappa shape index (κ3) is 2.95. The second-order valence-electron chi connectivity index (χ2n) is 8.03. The molecule has 8 heteroatoms. The van der Waals surface area contributed by atoms with Gasteiger partial charge < -0.3 is 10.5 Å². The summed E-state index contributed by atoms with van der Waals surface area (Å²) >= 11 is 0. The van der Waals surface area contributed by atoms with Crippen LogP contribution in [0.1, 0.15) is 38.2 Å². The molecule has 2 heterocycles. The van der Waals surface area contributed by atoms with Crippen LogP contribution < -0.4 is 15.4 Å². The number of rotatable bonds is 3. The van der Waals surface area contributed by atoms with Crippen LogP contribution in [-0.2, 0) is 4.79 Å². The maximum absolute atomic E-state index is 13.4. The van der Waals surface area contributed by atoms with Gasteiger partial charge >= 0.3 is 0 Å². The first-order valence-corrected chi connectivity index (χ1v) is 9.32. The van der Waals surface area contributed by atoms with Crippen molar-refractivity contribution < 1.29 is 9.53 Å². The fraction of sp³-hybridized carbons (Fsp3) is 0.333. The fourth-order valence-electron chi connectivity index (χ4n) is 4.27. The number of aromatic amines is 1. The number of nitrogens with two attached hydrogens (primary N) is 1. The van der Waals surface area contributed by atoms with Gasteiger partial charge in [0, 0.05) is 23.3 Å². The highest BCUT2D eigenvalue weighted by Crippen LogP contribution is 2.50. The van der Waals surface area contributed by atoms with Gasteiger partial charge in [0.2, 0.25) is 5.95 Å². The van der Waals surface area contributed by atoms with Crippen LogP contribution in [0, 0.1) is 16.7 Å². The molecule has 2 aliphatic rings. The first-order chi connectivity index (χ1) is 13.9. The molecule has 1 aromatic heterocycles. The van der Waals surface area contributed by atoms with Gasteiger partial charge in [-0.05, 0) is 17.9 Å². The van der Waals surface area contributed by atoms with Crippen LogP contribution in [0.3, 0.4) is 0 Å². The number of allylic oxidation sites excluding steroid dienone is 3. The Morgan fingerprint density at radius 2 is 2.10 bits per heavy atom. The molecule has 1 aliphatic carbocycles. The van der Waals surface area contributed by atoms with Crippen molar-refractivity contribution in [1.82, 2.24) is 15.2 Å². The van der Waals surface area contributed by atoms with E-state index in [0.29, 0.717) is 30.1 Å². The number of ketones is 1. The zero-order chi connectivity index (χ0) is 20.8. The van der Waals surface area contributed by atoms with Gasteiger partial charge in [-0.3, -0.25) is 9.69 Å². The number of carbonyl (C=O) groups is 1. The quantitative estimate of drug-likeness (QED) is 0.826. The number of benzene rings is 1. The van der Waals surface area contributed by atoms with Crippen LogP contribution in [0.2, 0.25) is 0 Å². The van der Waals surface area contributed by atoms with Crippen LogP contribution in [-0.4, -0.2) is 28.1 Å². The van der Waals surface area contributed by atoms with E-state index in [9.17, 15) is 10.1 Å². The van der Waals surface area contributed by atoms with E-state index in [4.69, 9.17) is 10.5 Å². The van der Waals surface area contributed by atoms with Crippen molar-refractivity contribution in [2.45, 2.75) is 32.6 Å². The average Bonchev–Trinajstić information content (AvgIpc) is 3.20. The smallest absolute Gasteiger partial charge is 0.231 e. The molecule has 4 rings (SSSR count). The lowest BCUT2D eigenvalue weighted by Gasteiger charge is -2.42. The van der Waals surface area contributed by atoms with E-state index in [-0.39, 0.29) is 22.6 Å². The van der Waals surface area contributed by atoms with Crippen LogP contribution in [0.5, 0.6) is 5.75 Å². The highest BCUT2D eigenvalue weighted by Gasteiger charge is 2.45. The number of hydrogen-bond donors (Lipinski definition) is 2. The molecule has 1 aliphatic heterocycles. The van der Waals surface area contributed by atoms with Crippen molar-refractivity contribution in [3.63, 3.8) is 0 Å². The fourth-order valence-corrected chi connectivity index (χ4v) is 4.27. The summed E-state index contributed by atoms with van der Waals surface area (Å²) in [5.41, 5.74) is 8.59. The third-order valence-corrected chi connectivity index (χ3v) is 5.45. The summed E-state index contributed by atoms with van der Waals surface area (Å²) in [6.45, 7) is 4.09. The molecular formula is C21H22N6O2. The number of nitrogens with zero attached hydrogens (tertiary/aromatic N) is 4. The van der Waals surface area contributed by atoms with Gasteiger partial charge in [0.1, 0.15) is 17.9 Å². The van der Waals surface area contributed by atoms with E-state index in [1.165, 1.54) is 6.33 Å². The van der Waals surface area contributed by atoms with E-state index in [1.807, 2.05) is 38.1 Å². The molecule has 1 aromatic carbocycles. The van der Waals surface area contributed by atoms with Crippen molar-refractivity contribution in [3.05, 3.63) is 58.8 Å². The Balaban J connectivity index is 2.02. The number of methoxy groups -OCH3 is 1. The zero-order valence-electron chi connectivity index (χ0n) is 16.6. The lowest BCUT2D eigenvalue weighted by atomic mass is 9.68. The predicted molar refractivity (Wildman–Crippen MR) is 106 cm³/mol. The summed E-state index contributed by atoms with van der Waals surface area (Å²) in [4.78, 5) is 19.2. The number of ether oxygens (including phenoxy) is 1. The number of para-hydroxylation sites is 1. The summed E-state index contributed by atoms with van der Waals surface area (Å²) < 4.78 is 5.53. The van der Waals surface area contributed by atoms with Crippen molar-refractivity contribution in [2.75, 3.05) is 12.0 Å². The standard InChI is InChI=1S/C21H22N6O2/c1-21(2)8-14-18(15(28)9-21)17(12-6-4-5-7-16(12)29-3)13(10-22)19(23)27(14)20-24-11-25-26-20/h4-7,11,17H,8-9,23H2,1-3H3,(H,24,25,26). The van der Waals surface area contributed by atoms with Gasteiger partial charge in [0.25, 0.3) is 0 Å². The molecule has 1 atom stereocenters. The molecule has 2 aromatic rings. The van der Waals surface area contributed by atoms with Crippen molar-refractivity contribution in [2.24, 2.45) is 11.1 Å². The lowest BCUT2D eigenvalue weighted by Crippen LogP contribution is -2.42. The highest BCUT2D eigenvalue weighted by molar-refractivity contribution is 6.01. The van der Waals surface area contributed by atoms with Crippen molar-refractivity contribution >= 4 is 11.7 Å². The van der Waals surface area contributed by atoms with Crippen LogP contribution in [0.4, 0.5) is 5.95 Å². The number of anilines is 1. The largest absolute Gasteiger partial charge is 0.496 e. The lowest BCUT2D eigenvalue weighted by molar-refractivity contribution is -0.118. The molecule has 1 unspecified atom stereocenters. The minimum atomic E-state index is -0.589. The summed E-state index contributed by atoms with van der Waals surface area (Å²) in [5.74, 6) is 0.637. The minimum absolute atomic E-state index is 0.00285. The van der Waals surface area contributed by atoms with Gasteiger partial charge in [-0.2, -0.15) is 15.3 Å². The van der Waals surface area contributed by atoms with Crippen molar-refractivity contribution in [3.8, 4) is 11.8 Å². The summed E-state index contributed by atoms with van der Waals surface area (Å²) in [5, 5.41) is 16.7. The van der Waals surface area contributed by atoms with E-state index in [2.05, 4.69) is 21.3 Å². The first-order valence-electron chi connectivity index (χ1n) is 9.32. The maximum Gasteiger partial charge on any atom is 0.231 e. The molecule has 148 valence electrons. The first kappa shape index (κ1) is 18.7. The molecule has 0 radical (unpaired) electrons. The van der Waals surface area contributed by atoms with E-state index >= 15 is 0 Å². The Kier molecular flexibility index (Phi) is 4.38. The van der Waals surface area contributed by atoms with Crippen LogP contribution >= 0.6 is 0 Å². The molecule has 0 saturated heterocycles. The van der Waals surface area contributed by atoms with Gasteiger partial charge in [0.15, 0.2) is 5.78 Å². The van der Waals surface area contributed by atoms with E-state index < -0.39 is 5.92 Å². The van der Waals surface area contributed by atoms with Gasteiger partial charge in [-0.15, -0.1) is 0 Å². The molecule has 0 bridgehead atoms. The summed E-state index contributed by atoms with van der Waals surface area (Å²) in [7, 11) is 1.57. The second-order valence-corrected chi connectivity index (χ2v) is 8.03. The average molecular weight is 390 g/mol. The summed E-state index contributed by atoms with van der Waals surface area (Å²) in [6.07, 6.45) is 2.37. The van der Waals surface area contributed by atoms with Crippen LogP contribution in [0.15, 0.2) is 53.3 Å². The Labute approximate surface area is 168 Å². The summed E-state index contributed by atoms with van der Waals surface area (Å²) in [6, 6.07) is 9.64. The topological polar surface area (TPSA) is 121 Å². The van der Waals surface area contributed by atoms with Gasteiger partial charge in [-0.25, -0.2) is 5.10 Å². The number of H-pyrrole nitrogens is 1. The van der Waals surface area contributed by atoms with E-state index in [1.54, 1.807) is 12.0 Å². The van der Waals surface area contributed by atoms with Crippen molar-refractivity contribution in [1.29, 1.82) is 5.26 Å². The number of carbonyl (C=O) groups excluding carboxylic acids is 1. The molecule has 3 N–H and O–H groups in total. The second kappa shape index (κ2) is 6.78. The molecule has 0 spiro atoms. The number of nitrogens with one attached hydrogen (secondary N) is 1. The number of nitriles is 1. The van der Waals surface area contributed by atoms with Gasteiger partial charge in [0.05, 0.1) is 24.7 Å². The molecule has 0 fully saturated rings. The molecule has 0 saturated carbocycles. The van der Waals surface area contributed by atoms with Gasteiger partial charge in [-0.1, -0.05) is 32.0 Å². The normalized spacial score (nSPS) is 21.1. The third-order valence-electron chi connectivity index (χ3n) is 5.45. The minimum Gasteiger partial charge on any atom is -0.496 e. The Morgan fingerprint density at radius 3 is 2.76 bits per heavy atom. The molecule has 29 heavy (non-hydrogen) atoms. The SMILES string of the molecule is COc1ccccc1C1C(C#N)=C(N)N(c2ncn[nH]2)C2=C1C(=O)CC(C)(C)C2. The Bertz CT molecular complexity index is 1070. The molecule has 0 amide bonds. The predicted octanol–water partition coefficient (Wildman–Crippen LogP) is 2.75. The molecule has 8 nitrogen and oxygen atoms in total. The highest BCUT2D eigenvalue weighted by atomic mass is 16.5. The van der Waals surface area contributed by atoms with E-state index in [0.717, 1.165) is 11.3 Å².